The zero-order chi connectivity index (χ0) is 18.8. The van der Waals surface area contributed by atoms with Gasteiger partial charge in [0.1, 0.15) is 0 Å². The van der Waals surface area contributed by atoms with Crippen LogP contribution in [-0.4, -0.2) is 30.7 Å². The van der Waals surface area contributed by atoms with E-state index < -0.39 is 0 Å². The lowest BCUT2D eigenvalue weighted by atomic mass is 9.99. The third-order valence-corrected chi connectivity index (χ3v) is 4.43. The number of pyridine rings is 1. The minimum atomic E-state index is 0. The molecular formula is C21H31IN4O. The summed E-state index contributed by atoms with van der Waals surface area (Å²) in [4.78, 5) is 15.9. The summed E-state index contributed by atoms with van der Waals surface area (Å²) >= 11 is 0. The van der Waals surface area contributed by atoms with Gasteiger partial charge in [0.15, 0.2) is 5.96 Å². The quantitative estimate of drug-likeness (QED) is 0.262. The van der Waals surface area contributed by atoms with Crippen molar-refractivity contribution < 1.29 is 0 Å². The van der Waals surface area contributed by atoms with E-state index in [1.165, 1.54) is 11.1 Å². The fourth-order valence-corrected chi connectivity index (χ4v) is 2.82. The Morgan fingerprint density at radius 1 is 1.15 bits per heavy atom. The molecule has 0 aliphatic carbocycles. The molecule has 0 saturated heterocycles. The first-order valence-electron chi connectivity index (χ1n) is 9.26. The second kappa shape index (κ2) is 12.5. The van der Waals surface area contributed by atoms with Crippen LogP contribution in [0.15, 0.2) is 58.4 Å². The largest absolute Gasteiger partial charge is 0.356 e. The Morgan fingerprint density at radius 3 is 2.67 bits per heavy atom. The molecule has 0 radical (unpaired) electrons. The van der Waals surface area contributed by atoms with E-state index in [0.29, 0.717) is 5.92 Å². The Labute approximate surface area is 179 Å². The summed E-state index contributed by atoms with van der Waals surface area (Å²) in [7, 11) is 1.79. The summed E-state index contributed by atoms with van der Waals surface area (Å²) < 4.78 is 1.75. The number of benzene rings is 1. The maximum atomic E-state index is 11.6. The number of halogens is 1. The molecule has 0 bridgehead atoms. The first kappa shape index (κ1) is 23.2. The number of aliphatic imine (C=N–C) groups is 1. The van der Waals surface area contributed by atoms with Crippen molar-refractivity contribution in [2.24, 2.45) is 4.99 Å². The van der Waals surface area contributed by atoms with Gasteiger partial charge in [-0.05, 0) is 37.3 Å². The van der Waals surface area contributed by atoms with Crippen LogP contribution in [0.4, 0.5) is 0 Å². The van der Waals surface area contributed by atoms with Gasteiger partial charge >= 0.3 is 0 Å². The number of rotatable bonds is 8. The van der Waals surface area contributed by atoms with Gasteiger partial charge in [0.25, 0.3) is 0 Å². The van der Waals surface area contributed by atoms with Crippen molar-refractivity contribution >= 4 is 29.9 Å². The number of hydrogen-bond acceptors (Lipinski definition) is 2. The Hall–Kier alpha value is -1.83. The molecule has 0 amide bonds. The summed E-state index contributed by atoms with van der Waals surface area (Å²) in [5.41, 5.74) is 2.68. The van der Waals surface area contributed by atoms with Crippen LogP contribution in [0.1, 0.15) is 36.8 Å². The highest BCUT2D eigenvalue weighted by atomic mass is 127. The van der Waals surface area contributed by atoms with Gasteiger partial charge < -0.3 is 15.2 Å². The second-order valence-corrected chi connectivity index (χ2v) is 6.63. The molecule has 0 aliphatic rings. The van der Waals surface area contributed by atoms with Crippen LogP contribution in [0.5, 0.6) is 0 Å². The van der Waals surface area contributed by atoms with Crippen LogP contribution in [0.25, 0.3) is 0 Å². The number of hydrogen-bond donors (Lipinski definition) is 2. The van der Waals surface area contributed by atoms with Crippen LogP contribution < -0.4 is 16.2 Å². The van der Waals surface area contributed by atoms with Crippen molar-refractivity contribution in [3.05, 3.63) is 70.1 Å². The summed E-state index contributed by atoms with van der Waals surface area (Å²) in [6.45, 7) is 6.75. The lowest BCUT2D eigenvalue weighted by Gasteiger charge is -2.17. The minimum absolute atomic E-state index is 0. The highest BCUT2D eigenvalue weighted by Gasteiger charge is 2.06. The molecule has 1 atom stereocenters. The average molecular weight is 482 g/mol. The Kier molecular flexibility index (Phi) is 10.8. The van der Waals surface area contributed by atoms with E-state index in [2.05, 4.69) is 53.7 Å². The molecule has 0 saturated carbocycles. The van der Waals surface area contributed by atoms with E-state index in [0.717, 1.165) is 38.4 Å². The molecule has 0 fully saturated rings. The van der Waals surface area contributed by atoms with Crippen LogP contribution in [-0.2, 0) is 6.54 Å². The summed E-state index contributed by atoms with van der Waals surface area (Å²) in [6.07, 6.45) is 3.77. The molecule has 27 heavy (non-hydrogen) atoms. The molecule has 6 heteroatoms. The SMILES string of the molecule is CN=C(NCCCCn1ccccc1=O)NCC(C)c1cccc(C)c1.I. The summed E-state index contributed by atoms with van der Waals surface area (Å²) in [6, 6.07) is 13.9. The Balaban J connectivity index is 0.00000364. The van der Waals surface area contributed by atoms with Gasteiger partial charge in [0.05, 0.1) is 0 Å². The topological polar surface area (TPSA) is 58.4 Å². The standard InChI is InChI=1S/C21H30N4O.HI/c1-17-9-8-10-19(15-17)18(2)16-24-21(22-3)23-12-5-7-14-25-13-6-4-11-20(25)26;/h4,6,8-11,13,15,18H,5,7,12,14,16H2,1-3H3,(H2,22,23,24);1H. The van der Waals surface area contributed by atoms with Gasteiger partial charge in [-0.1, -0.05) is 42.8 Å². The molecule has 0 aliphatic heterocycles. The molecule has 2 rings (SSSR count). The lowest BCUT2D eigenvalue weighted by molar-refractivity contribution is 0.584. The first-order chi connectivity index (χ1) is 12.6. The van der Waals surface area contributed by atoms with Gasteiger partial charge in [-0.15, -0.1) is 24.0 Å². The van der Waals surface area contributed by atoms with E-state index in [4.69, 9.17) is 0 Å². The predicted octanol–water partition coefficient (Wildman–Crippen LogP) is 3.52. The summed E-state index contributed by atoms with van der Waals surface area (Å²) in [5.74, 6) is 1.24. The van der Waals surface area contributed by atoms with Crippen LogP contribution >= 0.6 is 24.0 Å². The first-order valence-corrected chi connectivity index (χ1v) is 9.26. The zero-order valence-corrected chi connectivity index (χ0v) is 18.8. The number of unbranched alkanes of at least 4 members (excludes halogenated alkanes) is 1. The lowest BCUT2D eigenvalue weighted by Crippen LogP contribution is -2.39. The monoisotopic (exact) mass is 482 g/mol. The van der Waals surface area contributed by atoms with Crippen molar-refractivity contribution in [2.75, 3.05) is 20.1 Å². The number of guanidine groups is 1. The van der Waals surface area contributed by atoms with Crippen molar-refractivity contribution in [3.63, 3.8) is 0 Å². The molecular weight excluding hydrogens is 451 g/mol. The molecule has 1 unspecified atom stereocenters. The number of nitrogens with one attached hydrogen (secondary N) is 2. The van der Waals surface area contributed by atoms with Crippen molar-refractivity contribution in [1.82, 2.24) is 15.2 Å². The van der Waals surface area contributed by atoms with Gasteiger partial charge in [-0.25, -0.2) is 0 Å². The van der Waals surface area contributed by atoms with Gasteiger partial charge in [0, 0.05) is 38.9 Å². The predicted molar refractivity (Wildman–Crippen MR) is 124 cm³/mol. The second-order valence-electron chi connectivity index (χ2n) is 6.63. The van der Waals surface area contributed by atoms with Crippen LogP contribution in [0, 0.1) is 6.92 Å². The van der Waals surface area contributed by atoms with Crippen molar-refractivity contribution in [1.29, 1.82) is 0 Å². The van der Waals surface area contributed by atoms with Gasteiger partial charge in [-0.3, -0.25) is 9.79 Å². The van der Waals surface area contributed by atoms with E-state index in [-0.39, 0.29) is 29.5 Å². The smallest absolute Gasteiger partial charge is 0.250 e. The number of nitrogens with zero attached hydrogens (tertiary/aromatic N) is 2. The average Bonchev–Trinajstić information content (AvgIpc) is 2.65. The molecule has 1 heterocycles. The highest BCUT2D eigenvalue weighted by Crippen LogP contribution is 2.15. The number of aryl methyl sites for hydroxylation is 2. The molecule has 2 aromatic rings. The molecule has 0 spiro atoms. The van der Waals surface area contributed by atoms with E-state index in [1.54, 1.807) is 23.7 Å². The maximum absolute atomic E-state index is 11.6. The summed E-state index contributed by atoms with van der Waals surface area (Å²) in [5, 5.41) is 6.73. The van der Waals surface area contributed by atoms with Crippen molar-refractivity contribution in [2.45, 2.75) is 39.2 Å². The van der Waals surface area contributed by atoms with Gasteiger partial charge in [0.2, 0.25) is 5.56 Å². The fraction of sp³-hybridized carbons (Fsp3) is 0.429. The van der Waals surface area contributed by atoms with Crippen molar-refractivity contribution in [3.8, 4) is 0 Å². The highest BCUT2D eigenvalue weighted by molar-refractivity contribution is 14.0. The molecule has 1 aromatic carbocycles. The van der Waals surface area contributed by atoms with E-state index in [1.807, 2.05) is 12.3 Å². The third kappa shape index (κ3) is 8.15. The fourth-order valence-electron chi connectivity index (χ4n) is 2.82. The molecule has 2 N–H and O–H groups in total. The number of aromatic nitrogens is 1. The van der Waals surface area contributed by atoms with Crippen LogP contribution in [0.3, 0.4) is 0 Å². The van der Waals surface area contributed by atoms with Crippen LogP contribution in [0.2, 0.25) is 0 Å². The van der Waals surface area contributed by atoms with E-state index in [9.17, 15) is 4.79 Å². The minimum Gasteiger partial charge on any atom is -0.356 e. The Bertz CT molecular complexity index is 773. The third-order valence-electron chi connectivity index (χ3n) is 4.43. The van der Waals surface area contributed by atoms with Gasteiger partial charge in [-0.2, -0.15) is 0 Å². The van der Waals surface area contributed by atoms with E-state index >= 15 is 0 Å². The maximum Gasteiger partial charge on any atom is 0.250 e. The Morgan fingerprint density at radius 2 is 1.96 bits per heavy atom. The zero-order valence-electron chi connectivity index (χ0n) is 16.4. The normalized spacial score (nSPS) is 12.2. The molecule has 148 valence electrons. The molecule has 5 nitrogen and oxygen atoms in total. The molecule has 1 aromatic heterocycles.